The fourth-order valence-corrected chi connectivity index (χ4v) is 1.93. The van der Waals surface area contributed by atoms with Crippen LogP contribution in [0.4, 0.5) is 8.78 Å². The van der Waals surface area contributed by atoms with Gasteiger partial charge in [-0.3, -0.25) is 0 Å². The number of aromatic nitrogens is 1. The van der Waals surface area contributed by atoms with E-state index in [2.05, 4.69) is 4.98 Å². The molecule has 1 rings (SSSR count). The fraction of sp³-hybridized carbons (Fsp3) is 0.286. The highest BCUT2D eigenvalue weighted by molar-refractivity contribution is 7.89. The monoisotopic (exact) mass is 241 g/mol. The van der Waals surface area contributed by atoms with Gasteiger partial charge in [0.15, 0.2) is 15.7 Å². The predicted molar refractivity (Wildman–Crippen MR) is 47.7 cm³/mol. The summed E-state index contributed by atoms with van der Waals surface area (Å²) < 4.78 is 47.4. The molecule has 0 aromatic carbocycles. The zero-order valence-electron chi connectivity index (χ0n) is 7.09. The van der Waals surface area contributed by atoms with Crippen molar-refractivity contribution in [3.8, 4) is 0 Å². The number of hydrogen-bond acceptors (Lipinski definition) is 3. The van der Waals surface area contributed by atoms with E-state index in [1.807, 2.05) is 0 Å². The van der Waals surface area contributed by atoms with Gasteiger partial charge in [0.25, 0.3) is 0 Å². The van der Waals surface area contributed by atoms with Gasteiger partial charge in [0, 0.05) is 11.8 Å². The van der Waals surface area contributed by atoms with E-state index in [0.29, 0.717) is 6.20 Å². The van der Waals surface area contributed by atoms with Crippen LogP contribution in [-0.2, 0) is 15.6 Å². The lowest BCUT2D eigenvalue weighted by molar-refractivity contribution is 0.546. The Morgan fingerprint density at radius 1 is 1.50 bits per heavy atom. The van der Waals surface area contributed by atoms with Gasteiger partial charge in [-0.05, 0) is 0 Å². The van der Waals surface area contributed by atoms with Gasteiger partial charge < -0.3 is 0 Å². The van der Waals surface area contributed by atoms with Crippen LogP contribution < -0.4 is 0 Å². The molecule has 0 aliphatic carbocycles. The zero-order chi connectivity index (χ0) is 10.9. The quantitative estimate of drug-likeness (QED) is 0.739. The molecule has 0 aliphatic rings. The Morgan fingerprint density at radius 2 is 2.07 bits per heavy atom. The fourth-order valence-electron chi connectivity index (χ4n) is 0.868. The highest BCUT2D eigenvalue weighted by Crippen LogP contribution is 2.22. The summed E-state index contributed by atoms with van der Waals surface area (Å²) in [6.45, 7) is 0. The second kappa shape index (κ2) is 3.78. The highest BCUT2D eigenvalue weighted by atomic mass is 35.5. The maximum Gasteiger partial charge on any atom is 0.218 e. The van der Waals surface area contributed by atoms with Crippen LogP contribution in [0.1, 0.15) is 5.56 Å². The normalized spacial score (nSPS) is 11.7. The molecular weight excluding hydrogens is 236 g/mol. The molecule has 1 aromatic heterocycles. The number of rotatable bonds is 2. The molecule has 0 atom stereocenters. The molecule has 1 heterocycles. The molecule has 0 N–H and O–H groups in total. The maximum absolute atomic E-state index is 12.9. The van der Waals surface area contributed by atoms with Crippen LogP contribution in [0, 0.1) is 11.8 Å². The van der Waals surface area contributed by atoms with Crippen molar-refractivity contribution < 1.29 is 17.2 Å². The molecule has 0 radical (unpaired) electrons. The van der Waals surface area contributed by atoms with E-state index in [0.717, 1.165) is 6.26 Å². The van der Waals surface area contributed by atoms with E-state index in [-0.39, 0.29) is 0 Å². The van der Waals surface area contributed by atoms with Crippen LogP contribution in [0.3, 0.4) is 0 Å². The molecule has 0 fully saturated rings. The van der Waals surface area contributed by atoms with Gasteiger partial charge in [-0.2, -0.15) is 4.39 Å². The summed E-state index contributed by atoms with van der Waals surface area (Å²) in [5.74, 6) is -2.67. The number of halogens is 3. The third-order valence-corrected chi connectivity index (χ3v) is 2.64. The van der Waals surface area contributed by atoms with Gasteiger partial charge in [0.2, 0.25) is 5.95 Å². The lowest BCUT2D eigenvalue weighted by atomic mass is 10.3. The summed E-state index contributed by atoms with van der Waals surface area (Å²) in [6, 6.07) is 0. The third-order valence-electron chi connectivity index (χ3n) is 1.42. The second-order valence-corrected chi connectivity index (χ2v) is 5.28. The van der Waals surface area contributed by atoms with Crippen molar-refractivity contribution in [2.45, 2.75) is 5.75 Å². The lowest BCUT2D eigenvalue weighted by Crippen LogP contribution is -2.06. The first-order valence-electron chi connectivity index (χ1n) is 3.47. The molecule has 14 heavy (non-hydrogen) atoms. The predicted octanol–water partition coefficient (Wildman–Crippen LogP) is 1.56. The topological polar surface area (TPSA) is 47.0 Å². The number of nitrogens with zero attached hydrogens (tertiary/aromatic N) is 1. The summed E-state index contributed by atoms with van der Waals surface area (Å²) in [6.07, 6.45) is 1.50. The average Bonchev–Trinajstić information content (AvgIpc) is 2.04. The molecule has 0 bridgehead atoms. The number of sulfone groups is 1. The van der Waals surface area contributed by atoms with Crippen LogP contribution in [0.5, 0.6) is 0 Å². The van der Waals surface area contributed by atoms with E-state index < -0.39 is 37.9 Å². The number of pyridine rings is 1. The van der Waals surface area contributed by atoms with E-state index in [1.165, 1.54) is 0 Å². The molecule has 78 valence electrons. The summed E-state index contributed by atoms with van der Waals surface area (Å²) in [4.78, 5) is 3.03. The smallest absolute Gasteiger partial charge is 0.218 e. The van der Waals surface area contributed by atoms with Crippen molar-refractivity contribution >= 4 is 21.4 Å². The largest absolute Gasteiger partial charge is 0.229 e. The Hall–Kier alpha value is -0.750. The lowest BCUT2D eigenvalue weighted by Gasteiger charge is -2.03. The van der Waals surface area contributed by atoms with Gasteiger partial charge in [-0.25, -0.2) is 17.8 Å². The second-order valence-electron chi connectivity index (χ2n) is 2.76. The van der Waals surface area contributed by atoms with Crippen LogP contribution in [0.15, 0.2) is 6.20 Å². The molecule has 0 aliphatic heterocycles. The van der Waals surface area contributed by atoms with Gasteiger partial charge >= 0.3 is 0 Å². The first-order chi connectivity index (χ1) is 6.31. The first-order valence-corrected chi connectivity index (χ1v) is 5.91. The number of hydrogen-bond donors (Lipinski definition) is 0. The summed E-state index contributed by atoms with van der Waals surface area (Å²) >= 11 is 5.39. The summed E-state index contributed by atoms with van der Waals surface area (Å²) in [7, 11) is -3.47. The van der Waals surface area contributed by atoms with Crippen molar-refractivity contribution in [2.24, 2.45) is 0 Å². The molecule has 0 unspecified atom stereocenters. The minimum atomic E-state index is -3.47. The summed E-state index contributed by atoms with van der Waals surface area (Å²) in [5.41, 5.74) is -0.436. The molecule has 0 saturated heterocycles. The SMILES string of the molecule is CS(=O)(=O)Cc1c(F)ncc(F)c1Cl. The molecule has 1 aromatic rings. The van der Waals surface area contributed by atoms with Crippen molar-refractivity contribution in [1.82, 2.24) is 4.98 Å². The van der Waals surface area contributed by atoms with Crippen LogP contribution >= 0.6 is 11.6 Å². The highest BCUT2D eigenvalue weighted by Gasteiger charge is 2.17. The minimum absolute atomic E-state index is 0.436. The molecule has 0 amide bonds. The average molecular weight is 242 g/mol. The Labute approximate surface area is 84.6 Å². The Kier molecular flexibility index (Phi) is 3.06. The Morgan fingerprint density at radius 3 is 2.57 bits per heavy atom. The van der Waals surface area contributed by atoms with Crippen LogP contribution in [0.2, 0.25) is 5.02 Å². The van der Waals surface area contributed by atoms with Crippen molar-refractivity contribution in [3.63, 3.8) is 0 Å². The molecule has 0 spiro atoms. The van der Waals surface area contributed by atoms with Gasteiger partial charge in [0.1, 0.15) is 0 Å². The van der Waals surface area contributed by atoms with Crippen LogP contribution in [-0.4, -0.2) is 19.7 Å². The minimum Gasteiger partial charge on any atom is -0.229 e. The molecule has 3 nitrogen and oxygen atoms in total. The van der Waals surface area contributed by atoms with Crippen molar-refractivity contribution in [2.75, 3.05) is 6.26 Å². The van der Waals surface area contributed by atoms with Crippen molar-refractivity contribution in [3.05, 3.63) is 28.5 Å². The van der Waals surface area contributed by atoms with Gasteiger partial charge in [-0.15, -0.1) is 0 Å². The van der Waals surface area contributed by atoms with E-state index in [9.17, 15) is 17.2 Å². The first kappa shape index (κ1) is 11.3. The third kappa shape index (κ3) is 2.62. The molecule has 7 heteroatoms. The summed E-state index contributed by atoms with van der Waals surface area (Å²) in [5, 5.41) is -0.539. The Bertz CT molecular complexity index is 461. The van der Waals surface area contributed by atoms with Gasteiger partial charge in [0.05, 0.1) is 17.0 Å². The molecular formula is C7H6ClF2NO2S. The van der Waals surface area contributed by atoms with E-state index in [4.69, 9.17) is 11.6 Å². The molecule has 0 saturated carbocycles. The van der Waals surface area contributed by atoms with E-state index >= 15 is 0 Å². The standard InChI is InChI=1S/C7H6ClF2NO2S/c1-14(12,13)3-4-6(8)5(9)2-11-7(4)10/h2H,3H2,1H3. The van der Waals surface area contributed by atoms with Gasteiger partial charge in [-0.1, -0.05) is 11.6 Å². The Balaban J connectivity index is 3.27. The van der Waals surface area contributed by atoms with Crippen molar-refractivity contribution in [1.29, 1.82) is 0 Å². The van der Waals surface area contributed by atoms with Crippen LogP contribution in [0.25, 0.3) is 0 Å². The maximum atomic E-state index is 12.9. The zero-order valence-corrected chi connectivity index (χ0v) is 8.66. The van der Waals surface area contributed by atoms with E-state index in [1.54, 1.807) is 0 Å².